The Morgan fingerprint density at radius 2 is 2.27 bits per heavy atom. The first-order valence-corrected chi connectivity index (χ1v) is 5.80. The first-order valence-electron chi connectivity index (χ1n) is 5.80. The Morgan fingerprint density at radius 1 is 1.47 bits per heavy atom. The lowest BCUT2D eigenvalue weighted by Gasteiger charge is -2.39. The van der Waals surface area contributed by atoms with Crippen LogP contribution in [0.1, 0.15) is 20.3 Å². The van der Waals surface area contributed by atoms with Crippen molar-refractivity contribution < 1.29 is 4.74 Å². The van der Waals surface area contributed by atoms with Crippen LogP contribution < -0.4 is 5.32 Å². The second-order valence-electron chi connectivity index (χ2n) is 4.78. The molecule has 3 nitrogen and oxygen atoms in total. The Hall–Kier alpha value is -0.380. The molecule has 1 fully saturated rings. The molecular weight excluding hydrogens is 188 g/mol. The van der Waals surface area contributed by atoms with Crippen LogP contribution in [-0.2, 0) is 4.74 Å². The molecule has 1 saturated heterocycles. The van der Waals surface area contributed by atoms with Crippen molar-refractivity contribution >= 4 is 0 Å². The summed E-state index contributed by atoms with van der Waals surface area (Å²) in [6.45, 7) is 14.2. The van der Waals surface area contributed by atoms with Gasteiger partial charge in [0.05, 0.1) is 13.2 Å². The third-order valence-electron chi connectivity index (χ3n) is 2.67. The van der Waals surface area contributed by atoms with E-state index in [1.165, 1.54) is 0 Å². The highest BCUT2D eigenvalue weighted by molar-refractivity contribution is 4.86. The van der Waals surface area contributed by atoms with Crippen molar-refractivity contribution in [3.8, 4) is 0 Å². The van der Waals surface area contributed by atoms with Crippen LogP contribution in [0.15, 0.2) is 12.7 Å². The first-order chi connectivity index (χ1) is 7.14. The molecule has 0 aromatic carbocycles. The summed E-state index contributed by atoms with van der Waals surface area (Å²) in [4.78, 5) is 2.46. The molecule has 1 aliphatic rings. The fraction of sp³-hybridized carbons (Fsp3) is 0.833. The fourth-order valence-corrected chi connectivity index (χ4v) is 1.90. The molecule has 88 valence electrons. The number of nitrogens with one attached hydrogen (secondary N) is 1. The zero-order chi connectivity index (χ0) is 11.1. The molecule has 0 bridgehead atoms. The zero-order valence-corrected chi connectivity index (χ0v) is 10.1. The lowest BCUT2D eigenvalue weighted by atomic mass is 10.0. The molecule has 0 aromatic rings. The number of hydrogen-bond donors (Lipinski definition) is 1. The molecule has 1 N–H and O–H groups in total. The molecule has 0 aliphatic carbocycles. The predicted molar refractivity (Wildman–Crippen MR) is 64.2 cm³/mol. The van der Waals surface area contributed by atoms with E-state index >= 15 is 0 Å². The van der Waals surface area contributed by atoms with Crippen LogP contribution in [0, 0.1) is 0 Å². The van der Waals surface area contributed by atoms with Crippen LogP contribution in [0.25, 0.3) is 0 Å². The molecule has 0 aromatic heterocycles. The number of ether oxygens (including phenoxy) is 1. The van der Waals surface area contributed by atoms with E-state index in [1.807, 2.05) is 6.08 Å². The standard InChI is InChI=1S/C12H24N2O/c1-4-5-9-15-10-8-14-7-6-13-12(2,3)11-14/h4,13H,1,5-11H2,2-3H3. The van der Waals surface area contributed by atoms with E-state index in [1.54, 1.807) is 0 Å². The van der Waals surface area contributed by atoms with Gasteiger partial charge in [-0.25, -0.2) is 0 Å². The smallest absolute Gasteiger partial charge is 0.0593 e. The van der Waals surface area contributed by atoms with Crippen molar-refractivity contribution in [3.63, 3.8) is 0 Å². The van der Waals surface area contributed by atoms with E-state index in [0.29, 0.717) is 0 Å². The van der Waals surface area contributed by atoms with Gasteiger partial charge in [-0.3, -0.25) is 4.90 Å². The maximum absolute atomic E-state index is 5.51. The number of rotatable bonds is 6. The van der Waals surface area contributed by atoms with E-state index in [2.05, 4.69) is 30.6 Å². The number of hydrogen-bond acceptors (Lipinski definition) is 3. The van der Waals surface area contributed by atoms with Gasteiger partial charge in [0.2, 0.25) is 0 Å². The number of nitrogens with zero attached hydrogens (tertiary/aromatic N) is 1. The van der Waals surface area contributed by atoms with Gasteiger partial charge in [0.15, 0.2) is 0 Å². The molecule has 1 heterocycles. The summed E-state index contributed by atoms with van der Waals surface area (Å²) >= 11 is 0. The third-order valence-corrected chi connectivity index (χ3v) is 2.67. The lowest BCUT2D eigenvalue weighted by molar-refractivity contribution is 0.0823. The number of piperazine rings is 1. The van der Waals surface area contributed by atoms with Crippen LogP contribution in [0.2, 0.25) is 0 Å². The van der Waals surface area contributed by atoms with Crippen molar-refractivity contribution in [2.75, 3.05) is 39.4 Å². The van der Waals surface area contributed by atoms with Crippen molar-refractivity contribution in [3.05, 3.63) is 12.7 Å². The minimum absolute atomic E-state index is 0.249. The van der Waals surface area contributed by atoms with Gasteiger partial charge in [0.1, 0.15) is 0 Å². The minimum atomic E-state index is 0.249. The molecule has 0 spiro atoms. The van der Waals surface area contributed by atoms with Crippen LogP contribution in [0.4, 0.5) is 0 Å². The van der Waals surface area contributed by atoms with Crippen LogP contribution in [0.5, 0.6) is 0 Å². The highest BCUT2D eigenvalue weighted by Gasteiger charge is 2.24. The quantitative estimate of drug-likeness (QED) is 0.530. The monoisotopic (exact) mass is 212 g/mol. The van der Waals surface area contributed by atoms with Crippen LogP contribution >= 0.6 is 0 Å². The first kappa shape index (κ1) is 12.7. The summed E-state index contributed by atoms with van der Waals surface area (Å²) < 4.78 is 5.51. The topological polar surface area (TPSA) is 24.5 Å². The summed E-state index contributed by atoms with van der Waals surface area (Å²) in [5.41, 5.74) is 0.249. The fourth-order valence-electron chi connectivity index (χ4n) is 1.90. The van der Waals surface area contributed by atoms with Gasteiger partial charge in [0, 0.05) is 31.7 Å². The molecule has 0 unspecified atom stereocenters. The predicted octanol–water partition coefficient (Wildman–Crippen LogP) is 1.26. The van der Waals surface area contributed by atoms with Gasteiger partial charge < -0.3 is 10.1 Å². The second-order valence-corrected chi connectivity index (χ2v) is 4.78. The van der Waals surface area contributed by atoms with Gasteiger partial charge in [-0.1, -0.05) is 6.08 Å². The second kappa shape index (κ2) is 6.26. The van der Waals surface area contributed by atoms with Gasteiger partial charge in [-0.05, 0) is 20.3 Å². The van der Waals surface area contributed by atoms with E-state index in [9.17, 15) is 0 Å². The molecule has 3 heteroatoms. The summed E-state index contributed by atoms with van der Waals surface area (Å²) in [6, 6.07) is 0. The third kappa shape index (κ3) is 5.30. The Kier molecular flexibility index (Phi) is 5.29. The SMILES string of the molecule is C=CCCOCCN1CCNC(C)(C)C1. The van der Waals surface area contributed by atoms with Crippen molar-refractivity contribution in [2.45, 2.75) is 25.8 Å². The largest absolute Gasteiger partial charge is 0.380 e. The van der Waals surface area contributed by atoms with Crippen molar-refractivity contribution in [1.29, 1.82) is 0 Å². The van der Waals surface area contributed by atoms with Crippen molar-refractivity contribution in [1.82, 2.24) is 10.2 Å². The Labute approximate surface area is 93.5 Å². The summed E-state index contributed by atoms with van der Waals surface area (Å²) in [6.07, 6.45) is 2.85. The molecule has 15 heavy (non-hydrogen) atoms. The van der Waals surface area contributed by atoms with Gasteiger partial charge >= 0.3 is 0 Å². The Balaban J connectivity index is 2.08. The van der Waals surface area contributed by atoms with Crippen LogP contribution in [-0.4, -0.2) is 49.8 Å². The van der Waals surface area contributed by atoms with Crippen LogP contribution in [0.3, 0.4) is 0 Å². The minimum Gasteiger partial charge on any atom is -0.380 e. The molecule has 1 aliphatic heterocycles. The van der Waals surface area contributed by atoms with E-state index in [-0.39, 0.29) is 5.54 Å². The average molecular weight is 212 g/mol. The van der Waals surface area contributed by atoms with Gasteiger partial charge in [-0.2, -0.15) is 0 Å². The van der Waals surface area contributed by atoms with E-state index in [4.69, 9.17) is 4.74 Å². The van der Waals surface area contributed by atoms with E-state index < -0.39 is 0 Å². The van der Waals surface area contributed by atoms with E-state index in [0.717, 1.165) is 45.8 Å². The normalized spacial score (nSPS) is 21.5. The highest BCUT2D eigenvalue weighted by atomic mass is 16.5. The molecule has 1 rings (SSSR count). The Bertz CT molecular complexity index is 192. The molecular formula is C12H24N2O. The maximum Gasteiger partial charge on any atom is 0.0593 e. The molecule has 0 amide bonds. The summed E-state index contributed by atoms with van der Waals surface area (Å²) in [5, 5.41) is 3.50. The molecule has 0 atom stereocenters. The zero-order valence-electron chi connectivity index (χ0n) is 10.1. The Morgan fingerprint density at radius 3 is 2.93 bits per heavy atom. The lowest BCUT2D eigenvalue weighted by Crippen LogP contribution is -2.57. The summed E-state index contributed by atoms with van der Waals surface area (Å²) in [5.74, 6) is 0. The molecule has 0 radical (unpaired) electrons. The van der Waals surface area contributed by atoms with Crippen molar-refractivity contribution in [2.24, 2.45) is 0 Å². The highest BCUT2D eigenvalue weighted by Crippen LogP contribution is 2.09. The van der Waals surface area contributed by atoms with Gasteiger partial charge in [0.25, 0.3) is 0 Å². The summed E-state index contributed by atoms with van der Waals surface area (Å²) in [7, 11) is 0. The average Bonchev–Trinajstić information content (AvgIpc) is 2.16. The maximum atomic E-state index is 5.51. The molecule has 0 saturated carbocycles. The van der Waals surface area contributed by atoms with Gasteiger partial charge in [-0.15, -0.1) is 6.58 Å².